The van der Waals surface area contributed by atoms with Crippen LogP contribution in [0.4, 0.5) is 0 Å². The van der Waals surface area contributed by atoms with Crippen LogP contribution in [0.2, 0.25) is 0 Å². The molecular weight excluding hydrogens is 258 g/mol. The average Bonchev–Trinajstić information content (AvgIpc) is 2.46. The largest absolute Gasteiger partial charge is 0.481 e. The number of carboxylic acid groups (broad SMARTS) is 1. The van der Waals surface area contributed by atoms with Crippen molar-refractivity contribution in [2.75, 3.05) is 6.54 Å². The Morgan fingerprint density at radius 1 is 0.950 bits per heavy atom. The van der Waals surface area contributed by atoms with Crippen LogP contribution in [0.15, 0.2) is 0 Å². The van der Waals surface area contributed by atoms with Crippen LogP contribution in [0.5, 0.6) is 0 Å². The monoisotopic (exact) mass is 283 g/mol. The summed E-state index contributed by atoms with van der Waals surface area (Å²) in [6.45, 7) is 0.475. The van der Waals surface area contributed by atoms with Crippen LogP contribution in [-0.2, 0) is 9.59 Å². The van der Waals surface area contributed by atoms with Crippen molar-refractivity contribution < 1.29 is 19.8 Å². The normalized spacial score (nSPS) is 34.5. The van der Waals surface area contributed by atoms with Crippen LogP contribution >= 0.6 is 0 Å². The maximum atomic E-state index is 12.2. The lowest BCUT2D eigenvalue weighted by atomic mass is 9.78. The van der Waals surface area contributed by atoms with Gasteiger partial charge in [-0.05, 0) is 25.7 Å². The van der Waals surface area contributed by atoms with Crippen molar-refractivity contribution in [1.82, 2.24) is 5.32 Å². The standard InChI is InChI=1S/C15H25NO4/c17-13-8-4-1-5-10(13)9-16-14(18)11-6-2-3-7-12(11)15(19)20/h10-13,17H,1-9H2,(H,16,18)(H,19,20)/t10?,11-,12+,13?/m1/s1. The zero-order chi connectivity index (χ0) is 14.5. The molecule has 2 fully saturated rings. The van der Waals surface area contributed by atoms with Gasteiger partial charge in [-0.15, -0.1) is 0 Å². The number of aliphatic hydroxyl groups excluding tert-OH is 1. The molecule has 2 aliphatic carbocycles. The Hall–Kier alpha value is -1.10. The zero-order valence-electron chi connectivity index (χ0n) is 11.9. The van der Waals surface area contributed by atoms with Crippen LogP contribution in [0.25, 0.3) is 0 Å². The number of rotatable bonds is 4. The second kappa shape index (κ2) is 7.07. The molecule has 20 heavy (non-hydrogen) atoms. The third kappa shape index (κ3) is 3.72. The minimum absolute atomic E-state index is 0.125. The van der Waals surface area contributed by atoms with E-state index in [0.29, 0.717) is 19.4 Å². The Morgan fingerprint density at radius 2 is 1.55 bits per heavy atom. The van der Waals surface area contributed by atoms with Gasteiger partial charge in [0.1, 0.15) is 0 Å². The summed E-state index contributed by atoms with van der Waals surface area (Å²) in [7, 11) is 0. The van der Waals surface area contributed by atoms with Gasteiger partial charge in [0.2, 0.25) is 5.91 Å². The molecule has 0 radical (unpaired) electrons. The van der Waals surface area contributed by atoms with Crippen LogP contribution in [0, 0.1) is 17.8 Å². The first-order valence-corrected chi connectivity index (χ1v) is 7.78. The number of amides is 1. The average molecular weight is 283 g/mol. The fourth-order valence-corrected chi connectivity index (χ4v) is 3.53. The number of carbonyl (C=O) groups is 2. The maximum absolute atomic E-state index is 12.2. The van der Waals surface area contributed by atoms with Gasteiger partial charge < -0.3 is 15.5 Å². The molecule has 2 rings (SSSR count). The highest BCUT2D eigenvalue weighted by molar-refractivity contribution is 5.84. The van der Waals surface area contributed by atoms with Gasteiger partial charge in [-0.3, -0.25) is 9.59 Å². The van der Waals surface area contributed by atoms with Gasteiger partial charge in [0, 0.05) is 12.5 Å². The summed E-state index contributed by atoms with van der Waals surface area (Å²) in [5, 5.41) is 22.0. The molecule has 3 N–H and O–H groups in total. The van der Waals surface area contributed by atoms with Gasteiger partial charge in [-0.1, -0.05) is 25.7 Å². The van der Waals surface area contributed by atoms with Crippen molar-refractivity contribution in [2.45, 2.75) is 57.5 Å². The van der Waals surface area contributed by atoms with Crippen molar-refractivity contribution in [2.24, 2.45) is 17.8 Å². The van der Waals surface area contributed by atoms with Gasteiger partial charge in [0.25, 0.3) is 0 Å². The molecule has 2 saturated carbocycles. The van der Waals surface area contributed by atoms with Gasteiger partial charge in [-0.25, -0.2) is 0 Å². The molecule has 2 aliphatic rings. The molecule has 0 aromatic rings. The summed E-state index contributed by atoms with van der Waals surface area (Å²) in [4.78, 5) is 23.4. The van der Waals surface area contributed by atoms with Crippen LogP contribution in [-0.4, -0.2) is 34.7 Å². The Balaban J connectivity index is 1.85. The van der Waals surface area contributed by atoms with Crippen LogP contribution in [0.1, 0.15) is 51.4 Å². The zero-order valence-corrected chi connectivity index (χ0v) is 11.9. The van der Waals surface area contributed by atoms with Crippen molar-refractivity contribution in [3.63, 3.8) is 0 Å². The maximum Gasteiger partial charge on any atom is 0.307 e. The van der Waals surface area contributed by atoms with Crippen LogP contribution in [0.3, 0.4) is 0 Å². The minimum atomic E-state index is -0.859. The van der Waals surface area contributed by atoms with Crippen molar-refractivity contribution in [3.8, 4) is 0 Å². The number of carbonyl (C=O) groups excluding carboxylic acids is 1. The highest BCUT2D eigenvalue weighted by atomic mass is 16.4. The van der Waals surface area contributed by atoms with E-state index in [-0.39, 0.29) is 17.9 Å². The number of carboxylic acids is 1. The van der Waals surface area contributed by atoms with Gasteiger partial charge in [0.15, 0.2) is 0 Å². The predicted octanol–water partition coefficient (Wildman–Crippen LogP) is 1.54. The Labute approximate surface area is 119 Å². The molecule has 1 amide bonds. The number of aliphatic carboxylic acids is 1. The predicted molar refractivity (Wildman–Crippen MR) is 74.1 cm³/mol. The summed E-state index contributed by atoms with van der Waals surface area (Å²) < 4.78 is 0. The van der Waals surface area contributed by atoms with Crippen molar-refractivity contribution in [1.29, 1.82) is 0 Å². The third-order valence-electron chi connectivity index (χ3n) is 4.83. The summed E-state index contributed by atoms with van der Waals surface area (Å²) in [6, 6.07) is 0. The van der Waals surface area contributed by atoms with Gasteiger partial charge in [-0.2, -0.15) is 0 Å². The van der Waals surface area contributed by atoms with E-state index in [1.54, 1.807) is 0 Å². The SMILES string of the molecule is O=C(O)[C@H]1CCCC[C@H]1C(=O)NCC1CCCCC1O. The van der Waals surface area contributed by atoms with E-state index in [1.165, 1.54) is 0 Å². The van der Waals surface area contributed by atoms with E-state index in [4.69, 9.17) is 0 Å². The first kappa shape index (κ1) is 15.3. The summed E-state index contributed by atoms with van der Waals surface area (Å²) >= 11 is 0. The smallest absolute Gasteiger partial charge is 0.307 e. The van der Waals surface area contributed by atoms with Crippen molar-refractivity contribution in [3.05, 3.63) is 0 Å². The first-order valence-electron chi connectivity index (χ1n) is 7.78. The van der Waals surface area contributed by atoms with Crippen molar-refractivity contribution >= 4 is 11.9 Å². The van der Waals surface area contributed by atoms with E-state index < -0.39 is 17.8 Å². The summed E-state index contributed by atoms with van der Waals surface area (Å²) in [6.07, 6.45) is 6.64. The lowest BCUT2D eigenvalue weighted by molar-refractivity contribution is -0.149. The Kier molecular flexibility index (Phi) is 5.40. The fraction of sp³-hybridized carbons (Fsp3) is 0.867. The quantitative estimate of drug-likeness (QED) is 0.730. The second-order valence-corrected chi connectivity index (χ2v) is 6.19. The number of aliphatic hydroxyl groups is 1. The number of hydrogen-bond donors (Lipinski definition) is 3. The Bertz CT molecular complexity index is 358. The van der Waals surface area contributed by atoms with E-state index in [0.717, 1.165) is 38.5 Å². The van der Waals surface area contributed by atoms with E-state index in [9.17, 15) is 19.8 Å². The molecule has 0 heterocycles. The van der Waals surface area contributed by atoms with Gasteiger partial charge >= 0.3 is 5.97 Å². The van der Waals surface area contributed by atoms with E-state index >= 15 is 0 Å². The number of nitrogens with one attached hydrogen (secondary N) is 1. The summed E-state index contributed by atoms with van der Waals surface area (Å²) in [5.41, 5.74) is 0. The molecule has 2 unspecified atom stereocenters. The third-order valence-corrected chi connectivity index (χ3v) is 4.83. The van der Waals surface area contributed by atoms with Gasteiger partial charge in [0.05, 0.1) is 17.9 Å². The van der Waals surface area contributed by atoms with E-state index in [2.05, 4.69) is 5.32 Å². The molecule has 0 aromatic carbocycles. The lowest BCUT2D eigenvalue weighted by Gasteiger charge is -2.30. The molecule has 0 spiro atoms. The fourth-order valence-electron chi connectivity index (χ4n) is 3.53. The molecule has 0 aliphatic heterocycles. The Morgan fingerprint density at radius 3 is 2.20 bits per heavy atom. The summed E-state index contributed by atoms with van der Waals surface area (Å²) in [5.74, 6) is -1.82. The van der Waals surface area contributed by atoms with Crippen LogP contribution < -0.4 is 5.32 Å². The molecule has 4 atom stereocenters. The minimum Gasteiger partial charge on any atom is -0.481 e. The molecule has 0 saturated heterocycles. The lowest BCUT2D eigenvalue weighted by Crippen LogP contribution is -2.43. The molecular formula is C15H25NO4. The molecule has 5 nitrogen and oxygen atoms in total. The first-order chi connectivity index (χ1) is 9.59. The second-order valence-electron chi connectivity index (χ2n) is 6.19. The van der Waals surface area contributed by atoms with E-state index in [1.807, 2.05) is 0 Å². The number of hydrogen-bond acceptors (Lipinski definition) is 3. The molecule has 0 bridgehead atoms. The molecule has 0 aromatic heterocycles. The topological polar surface area (TPSA) is 86.6 Å². The highest BCUT2D eigenvalue weighted by Gasteiger charge is 2.36. The highest BCUT2D eigenvalue weighted by Crippen LogP contribution is 2.30. The molecule has 114 valence electrons. The molecule has 5 heteroatoms.